The van der Waals surface area contributed by atoms with Crippen molar-refractivity contribution in [1.82, 2.24) is 4.90 Å². The fourth-order valence-electron chi connectivity index (χ4n) is 2.51. The lowest BCUT2D eigenvalue weighted by molar-refractivity contribution is -0.386. The van der Waals surface area contributed by atoms with Crippen molar-refractivity contribution in [3.63, 3.8) is 0 Å². The first-order chi connectivity index (χ1) is 12.6. The SMILES string of the molecule is CC(C)(C)OC(=O)N1C[C@@H](COc2c(F)cccc2[N+](=O)[O-])OC[C@H]1CO. The summed E-state index contributed by atoms with van der Waals surface area (Å²) < 4.78 is 30.0. The molecule has 1 aliphatic rings. The minimum Gasteiger partial charge on any atom is -0.482 e. The van der Waals surface area contributed by atoms with Crippen LogP contribution < -0.4 is 4.74 Å². The second-order valence-corrected chi connectivity index (χ2v) is 7.08. The Morgan fingerprint density at radius 1 is 1.48 bits per heavy atom. The van der Waals surface area contributed by atoms with Crippen LogP contribution in [0.25, 0.3) is 0 Å². The van der Waals surface area contributed by atoms with E-state index >= 15 is 0 Å². The van der Waals surface area contributed by atoms with E-state index in [0.717, 1.165) is 12.1 Å². The molecule has 1 aliphatic heterocycles. The molecular formula is C17H23FN2O7. The Morgan fingerprint density at radius 3 is 2.78 bits per heavy atom. The summed E-state index contributed by atoms with van der Waals surface area (Å²) in [4.78, 5) is 23.9. The van der Waals surface area contributed by atoms with E-state index in [0.29, 0.717) is 0 Å². The number of hydrogen-bond acceptors (Lipinski definition) is 7. The molecule has 1 saturated heterocycles. The molecule has 10 heteroatoms. The van der Waals surface area contributed by atoms with Crippen molar-refractivity contribution in [1.29, 1.82) is 0 Å². The normalized spacial score (nSPS) is 20.3. The van der Waals surface area contributed by atoms with Crippen molar-refractivity contribution in [3.8, 4) is 5.75 Å². The number of hydrogen-bond donors (Lipinski definition) is 1. The van der Waals surface area contributed by atoms with Crippen LogP contribution in [0.1, 0.15) is 20.8 Å². The van der Waals surface area contributed by atoms with Crippen molar-refractivity contribution in [3.05, 3.63) is 34.1 Å². The number of aliphatic hydroxyl groups excluding tert-OH is 1. The number of morpholine rings is 1. The van der Waals surface area contributed by atoms with E-state index in [1.54, 1.807) is 20.8 Å². The Kier molecular flexibility index (Phi) is 6.55. The molecular weight excluding hydrogens is 363 g/mol. The number of carbonyl (C=O) groups is 1. The molecule has 150 valence electrons. The number of benzene rings is 1. The highest BCUT2D eigenvalue weighted by Gasteiger charge is 2.35. The van der Waals surface area contributed by atoms with Crippen LogP contribution in [0.4, 0.5) is 14.9 Å². The molecule has 1 amide bonds. The van der Waals surface area contributed by atoms with Crippen LogP contribution in [-0.4, -0.2) is 65.1 Å². The molecule has 0 bridgehead atoms. The van der Waals surface area contributed by atoms with Gasteiger partial charge in [0.2, 0.25) is 5.75 Å². The highest BCUT2D eigenvalue weighted by atomic mass is 19.1. The highest BCUT2D eigenvalue weighted by Crippen LogP contribution is 2.30. The van der Waals surface area contributed by atoms with Crippen LogP contribution >= 0.6 is 0 Å². The number of aliphatic hydroxyl groups is 1. The molecule has 1 heterocycles. The van der Waals surface area contributed by atoms with Gasteiger partial charge in [0, 0.05) is 6.07 Å². The van der Waals surface area contributed by atoms with E-state index < -0.39 is 46.0 Å². The van der Waals surface area contributed by atoms with E-state index in [9.17, 15) is 24.4 Å². The van der Waals surface area contributed by atoms with Crippen molar-refractivity contribution in [2.45, 2.75) is 38.5 Å². The van der Waals surface area contributed by atoms with Crippen LogP contribution in [0, 0.1) is 15.9 Å². The fraction of sp³-hybridized carbons (Fsp3) is 0.588. The number of para-hydroxylation sites is 1. The van der Waals surface area contributed by atoms with Crippen molar-refractivity contribution >= 4 is 11.8 Å². The third kappa shape index (κ3) is 5.51. The minimum atomic E-state index is -0.864. The van der Waals surface area contributed by atoms with E-state index in [-0.39, 0.29) is 26.4 Å². The zero-order chi connectivity index (χ0) is 20.2. The van der Waals surface area contributed by atoms with Gasteiger partial charge in [-0.1, -0.05) is 6.07 Å². The number of nitro benzene ring substituents is 1. The van der Waals surface area contributed by atoms with E-state index in [1.165, 1.54) is 11.0 Å². The van der Waals surface area contributed by atoms with E-state index in [2.05, 4.69) is 0 Å². The molecule has 9 nitrogen and oxygen atoms in total. The van der Waals surface area contributed by atoms with E-state index in [1.807, 2.05) is 0 Å². The molecule has 1 aromatic carbocycles. The number of rotatable bonds is 5. The highest BCUT2D eigenvalue weighted by molar-refractivity contribution is 5.68. The summed E-state index contributed by atoms with van der Waals surface area (Å²) in [5, 5.41) is 20.5. The molecule has 2 rings (SSSR count). The molecule has 0 aliphatic carbocycles. The van der Waals surface area contributed by atoms with Crippen LogP contribution in [0.15, 0.2) is 18.2 Å². The largest absolute Gasteiger partial charge is 0.482 e. The smallest absolute Gasteiger partial charge is 0.410 e. The average molecular weight is 386 g/mol. The van der Waals surface area contributed by atoms with Gasteiger partial charge < -0.3 is 19.3 Å². The Balaban J connectivity index is 2.06. The number of nitrogens with zero attached hydrogens (tertiary/aromatic N) is 2. The van der Waals surface area contributed by atoms with Crippen LogP contribution in [0.5, 0.6) is 5.75 Å². The van der Waals surface area contributed by atoms with Gasteiger partial charge in [0.25, 0.3) is 0 Å². The zero-order valence-electron chi connectivity index (χ0n) is 15.4. The lowest BCUT2D eigenvalue weighted by atomic mass is 10.2. The Hall–Kier alpha value is -2.46. The van der Waals surface area contributed by atoms with Gasteiger partial charge in [-0.15, -0.1) is 0 Å². The minimum absolute atomic E-state index is 0.0301. The molecule has 2 atom stereocenters. The average Bonchev–Trinajstić information content (AvgIpc) is 2.58. The van der Waals surface area contributed by atoms with Crippen LogP contribution in [0.2, 0.25) is 0 Å². The van der Waals surface area contributed by atoms with Crippen LogP contribution in [0.3, 0.4) is 0 Å². The van der Waals surface area contributed by atoms with E-state index in [4.69, 9.17) is 14.2 Å². The molecule has 0 saturated carbocycles. The molecule has 1 aromatic rings. The zero-order valence-corrected chi connectivity index (χ0v) is 15.4. The van der Waals surface area contributed by atoms with Crippen molar-refractivity contribution in [2.24, 2.45) is 0 Å². The molecule has 27 heavy (non-hydrogen) atoms. The Morgan fingerprint density at radius 2 is 2.19 bits per heavy atom. The standard InChI is InChI=1S/C17H23FN2O7/c1-17(2,3)27-16(22)19-7-12(25-9-11(19)8-21)10-26-15-13(18)5-4-6-14(15)20(23)24/h4-6,11-12,21H,7-10H2,1-3H3/t11-,12+/m1/s1. The second kappa shape index (κ2) is 8.49. The molecule has 0 aromatic heterocycles. The summed E-state index contributed by atoms with van der Waals surface area (Å²) >= 11 is 0. The molecule has 1 fully saturated rings. The first-order valence-corrected chi connectivity index (χ1v) is 8.40. The van der Waals surface area contributed by atoms with Gasteiger partial charge in [-0.3, -0.25) is 15.0 Å². The van der Waals surface area contributed by atoms with Crippen LogP contribution in [-0.2, 0) is 9.47 Å². The van der Waals surface area contributed by atoms with Crippen molar-refractivity contribution < 1.29 is 33.4 Å². The van der Waals surface area contributed by atoms with Gasteiger partial charge in [0.05, 0.1) is 30.7 Å². The summed E-state index contributed by atoms with van der Waals surface area (Å²) in [6.07, 6.45) is -1.29. The number of amides is 1. The summed E-state index contributed by atoms with van der Waals surface area (Å²) in [5.41, 5.74) is -1.21. The predicted octanol–water partition coefficient (Wildman–Crippen LogP) is 2.11. The predicted molar refractivity (Wildman–Crippen MR) is 92.1 cm³/mol. The quantitative estimate of drug-likeness (QED) is 0.609. The Bertz CT molecular complexity index is 692. The first-order valence-electron chi connectivity index (χ1n) is 8.40. The maximum absolute atomic E-state index is 13.9. The summed E-state index contributed by atoms with van der Waals surface area (Å²) in [6, 6.07) is 2.82. The van der Waals surface area contributed by atoms with Gasteiger partial charge in [-0.25, -0.2) is 9.18 Å². The number of nitro groups is 1. The molecule has 1 N–H and O–H groups in total. The lowest BCUT2D eigenvalue weighted by Gasteiger charge is -2.39. The number of halogens is 1. The lowest BCUT2D eigenvalue weighted by Crippen LogP contribution is -2.56. The monoisotopic (exact) mass is 386 g/mol. The molecule has 0 radical (unpaired) electrons. The van der Waals surface area contributed by atoms with Gasteiger partial charge in [-0.05, 0) is 26.8 Å². The van der Waals surface area contributed by atoms with Crippen molar-refractivity contribution in [2.75, 3.05) is 26.4 Å². The summed E-state index contributed by atoms with van der Waals surface area (Å²) in [6.45, 7) is 4.70. The van der Waals surface area contributed by atoms with Gasteiger partial charge in [0.15, 0.2) is 5.82 Å². The van der Waals surface area contributed by atoms with Gasteiger partial charge in [0.1, 0.15) is 18.3 Å². The maximum Gasteiger partial charge on any atom is 0.410 e. The summed E-state index contributed by atoms with van der Waals surface area (Å²) in [5.74, 6) is -1.35. The molecule has 0 unspecified atom stereocenters. The van der Waals surface area contributed by atoms with Gasteiger partial charge in [-0.2, -0.15) is 0 Å². The third-order valence-electron chi connectivity index (χ3n) is 3.76. The topological polar surface area (TPSA) is 111 Å². The summed E-state index contributed by atoms with van der Waals surface area (Å²) in [7, 11) is 0. The van der Waals surface area contributed by atoms with Gasteiger partial charge >= 0.3 is 11.8 Å². The molecule has 0 spiro atoms. The first kappa shape index (κ1) is 20.8. The second-order valence-electron chi connectivity index (χ2n) is 7.08. The number of carbonyl (C=O) groups excluding carboxylic acids is 1. The maximum atomic E-state index is 13.9. The fourth-order valence-corrected chi connectivity index (χ4v) is 2.51. The number of ether oxygens (including phenoxy) is 3. The third-order valence-corrected chi connectivity index (χ3v) is 3.76. The Labute approximate surface area is 155 Å².